The zero-order chi connectivity index (χ0) is 22.5. The second-order valence-electron chi connectivity index (χ2n) is 7.52. The fraction of sp³-hybridized carbons (Fsp3) is 0.435. The molecule has 0 aliphatic carbocycles. The summed E-state index contributed by atoms with van der Waals surface area (Å²) in [4.78, 5) is 13.3. The molecule has 1 amide bonds. The number of nitrogens with zero attached hydrogens (tertiary/aromatic N) is 1. The molecular formula is C23H32N2O4S. The average molecular weight is 433 g/mol. The maximum absolute atomic E-state index is 13.3. The number of sulfonamides is 1. The quantitative estimate of drug-likeness (QED) is 0.647. The molecule has 0 heterocycles. The van der Waals surface area contributed by atoms with Crippen molar-refractivity contribution in [1.29, 1.82) is 0 Å². The van der Waals surface area contributed by atoms with Crippen LogP contribution in [0.1, 0.15) is 49.4 Å². The largest absolute Gasteiger partial charge is 0.497 e. The number of hydrogen-bond donors (Lipinski definition) is 1. The Kier molecular flexibility index (Phi) is 7.89. The van der Waals surface area contributed by atoms with Crippen molar-refractivity contribution in [3.8, 4) is 5.75 Å². The predicted octanol–water partition coefficient (Wildman–Crippen LogP) is 4.12. The predicted molar refractivity (Wildman–Crippen MR) is 121 cm³/mol. The van der Waals surface area contributed by atoms with Gasteiger partial charge in [-0.3, -0.25) is 9.10 Å². The molecule has 2 atom stereocenters. The number of hydrogen-bond acceptors (Lipinski definition) is 4. The minimum absolute atomic E-state index is 0.225. The molecule has 0 bridgehead atoms. The number of aryl methyl sites for hydroxylation is 2. The molecule has 0 aliphatic rings. The van der Waals surface area contributed by atoms with Gasteiger partial charge in [0, 0.05) is 0 Å². The summed E-state index contributed by atoms with van der Waals surface area (Å²) in [5, 5.41) is 3.04. The minimum atomic E-state index is -3.67. The van der Waals surface area contributed by atoms with Crippen LogP contribution in [-0.2, 0) is 14.8 Å². The van der Waals surface area contributed by atoms with Crippen LogP contribution < -0.4 is 14.4 Å². The lowest BCUT2D eigenvalue weighted by Crippen LogP contribution is -2.50. The first-order chi connectivity index (χ1) is 14.1. The highest BCUT2D eigenvalue weighted by Gasteiger charge is 2.33. The molecule has 6 nitrogen and oxygen atoms in total. The summed E-state index contributed by atoms with van der Waals surface area (Å²) in [6.45, 7) is 7.56. The molecule has 0 unspecified atom stereocenters. The van der Waals surface area contributed by atoms with E-state index in [1.807, 2.05) is 70.2 Å². The van der Waals surface area contributed by atoms with Gasteiger partial charge in [-0.2, -0.15) is 0 Å². The zero-order valence-corrected chi connectivity index (χ0v) is 19.4. The summed E-state index contributed by atoms with van der Waals surface area (Å²) in [5.41, 5.74) is 3.22. The third-order valence-corrected chi connectivity index (χ3v) is 6.34. The standard InChI is InChI=1S/C23H32N2O4S/c1-7-20(18-11-13-19(29-5)14-12-18)24-23(26)21(8-2)25(30(6,27)28)22-15-16(3)9-10-17(22)4/h9-15,20-21H,7-8H2,1-6H3,(H,24,26)/t20-,21+/m0/s1. The first-order valence-electron chi connectivity index (χ1n) is 10.1. The molecule has 2 rings (SSSR count). The second kappa shape index (κ2) is 9.98. The third-order valence-electron chi connectivity index (χ3n) is 5.17. The van der Waals surface area contributed by atoms with Crippen molar-refractivity contribution in [3.05, 3.63) is 59.2 Å². The summed E-state index contributed by atoms with van der Waals surface area (Å²) >= 11 is 0. The minimum Gasteiger partial charge on any atom is -0.497 e. The van der Waals surface area contributed by atoms with Crippen molar-refractivity contribution in [1.82, 2.24) is 5.32 Å². The Labute approximate surface area is 180 Å². The highest BCUT2D eigenvalue weighted by Crippen LogP contribution is 2.28. The number of amides is 1. The number of anilines is 1. The summed E-state index contributed by atoms with van der Waals surface area (Å²) < 4.78 is 31.9. The van der Waals surface area contributed by atoms with E-state index in [-0.39, 0.29) is 11.9 Å². The van der Waals surface area contributed by atoms with Gasteiger partial charge in [0.2, 0.25) is 15.9 Å². The van der Waals surface area contributed by atoms with Gasteiger partial charge >= 0.3 is 0 Å². The van der Waals surface area contributed by atoms with E-state index in [0.29, 0.717) is 18.5 Å². The van der Waals surface area contributed by atoms with Crippen LogP contribution in [0.4, 0.5) is 5.69 Å². The number of rotatable bonds is 9. The van der Waals surface area contributed by atoms with E-state index in [1.165, 1.54) is 4.31 Å². The van der Waals surface area contributed by atoms with Gasteiger partial charge in [-0.05, 0) is 61.6 Å². The van der Waals surface area contributed by atoms with Gasteiger partial charge in [-0.15, -0.1) is 0 Å². The van der Waals surface area contributed by atoms with Crippen LogP contribution >= 0.6 is 0 Å². The van der Waals surface area contributed by atoms with Crippen molar-refractivity contribution >= 4 is 21.6 Å². The molecule has 0 radical (unpaired) electrons. The molecule has 0 saturated carbocycles. The number of carbonyl (C=O) groups is 1. The lowest BCUT2D eigenvalue weighted by Gasteiger charge is -2.32. The molecule has 2 aromatic carbocycles. The molecule has 0 saturated heterocycles. The van der Waals surface area contributed by atoms with Crippen molar-refractivity contribution in [3.63, 3.8) is 0 Å². The van der Waals surface area contributed by atoms with Crippen LogP contribution in [0.25, 0.3) is 0 Å². The van der Waals surface area contributed by atoms with E-state index in [4.69, 9.17) is 4.74 Å². The second-order valence-corrected chi connectivity index (χ2v) is 9.37. The first-order valence-corrected chi connectivity index (χ1v) is 12.0. The first kappa shape index (κ1) is 23.7. The Hall–Kier alpha value is -2.54. The molecule has 0 spiro atoms. The fourth-order valence-corrected chi connectivity index (χ4v) is 4.78. The molecule has 0 aromatic heterocycles. The zero-order valence-electron chi connectivity index (χ0n) is 18.6. The molecular weight excluding hydrogens is 400 g/mol. The van der Waals surface area contributed by atoms with Crippen LogP contribution in [0.15, 0.2) is 42.5 Å². The summed E-state index contributed by atoms with van der Waals surface area (Å²) in [6, 6.07) is 12.1. The normalized spacial score (nSPS) is 13.4. The molecule has 164 valence electrons. The maximum atomic E-state index is 13.3. The van der Waals surface area contributed by atoms with Crippen LogP contribution in [0.5, 0.6) is 5.75 Å². The smallest absolute Gasteiger partial charge is 0.244 e. The number of ether oxygens (including phenoxy) is 1. The van der Waals surface area contributed by atoms with Crippen molar-refractivity contribution in [2.75, 3.05) is 17.7 Å². The Morgan fingerprint density at radius 1 is 1.07 bits per heavy atom. The van der Waals surface area contributed by atoms with Gasteiger partial charge in [0.1, 0.15) is 11.8 Å². The van der Waals surface area contributed by atoms with Crippen molar-refractivity contribution in [2.45, 2.75) is 52.6 Å². The number of carbonyl (C=O) groups excluding carboxylic acids is 1. The molecule has 30 heavy (non-hydrogen) atoms. The topological polar surface area (TPSA) is 75.7 Å². The Morgan fingerprint density at radius 2 is 1.70 bits per heavy atom. The molecule has 1 N–H and O–H groups in total. The third kappa shape index (κ3) is 5.53. The lowest BCUT2D eigenvalue weighted by atomic mass is 10.0. The van der Waals surface area contributed by atoms with E-state index in [1.54, 1.807) is 7.11 Å². The summed E-state index contributed by atoms with van der Waals surface area (Å²) in [7, 11) is -2.07. The molecule has 7 heteroatoms. The Bertz CT molecular complexity index is 971. The van der Waals surface area contributed by atoms with Gasteiger partial charge in [-0.1, -0.05) is 38.1 Å². The van der Waals surface area contributed by atoms with E-state index >= 15 is 0 Å². The summed E-state index contributed by atoms with van der Waals surface area (Å²) in [5.74, 6) is 0.427. The molecule has 0 aliphatic heterocycles. The summed E-state index contributed by atoms with van der Waals surface area (Å²) in [6.07, 6.45) is 2.17. The van der Waals surface area contributed by atoms with Crippen LogP contribution in [0.2, 0.25) is 0 Å². The van der Waals surface area contributed by atoms with Crippen molar-refractivity contribution in [2.24, 2.45) is 0 Å². The lowest BCUT2D eigenvalue weighted by molar-refractivity contribution is -0.123. The van der Waals surface area contributed by atoms with E-state index < -0.39 is 16.1 Å². The van der Waals surface area contributed by atoms with Gasteiger partial charge in [0.15, 0.2) is 0 Å². The molecule has 2 aromatic rings. The SMILES string of the molecule is CC[C@H](NC(=O)[C@@H](CC)N(c1cc(C)ccc1C)S(C)(=O)=O)c1ccc(OC)cc1. The highest BCUT2D eigenvalue weighted by atomic mass is 32.2. The number of nitrogens with one attached hydrogen (secondary N) is 1. The highest BCUT2D eigenvalue weighted by molar-refractivity contribution is 7.92. The van der Waals surface area contributed by atoms with Gasteiger partial charge in [-0.25, -0.2) is 8.42 Å². The maximum Gasteiger partial charge on any atom is 0.244 e. The van der Waals surface area contributed by atoms with Crippen LogP contribution in [0.3, 0.4) is 0 Å². The monoisotopic (exact) mass is 432 g/mol. The van der Waals surface area contributed by atoms with Gasteiger partial charge in [0.25, 0.3) is 0 Å². The average Bonchev–Trinajstić information content (AvgIpc) is 2.71. The van der Waals surface area contributed by atoms with Gasteiger partial charge in [0.05, 0.1) is 25.1 Å². The number of methoxy groups -OCH3 is 1. The Balaban J connectivity index is 2.38. The van der Waals surface area contributed by atoms with Crippen LogP contribution in [-0.4, -0.2) is 33.7 Å². The van der Waals surface area contributed by atoms with E-state index in [9.17, 15) is 13.2 Å². The Morgan fingerprint density at radius 3 is 2.20 bits per heavy atom. The van der Waals surface area contributed by atoms with E-state index in [0.717, 1.165) is 28.7 Å². The van der Waals surface area contributed by atoms with Gasteiger partial charge < -0.3 is 10.1 Å². The number of benzene rings is 2. The van der Waals surface area contributed by atoms with E-state index in [2.05, 4.69) is 5.32 Å². The van der Waals surface area contributed by atoms with Crippen LogP contribution in [0, 0.1) is 13.8 Å². The molecule has 0 fully saturated rings. The fourth-order valence-electron chi connectivity index (χ4n) is 3.52. The van der Waals surface area contributed by atoms with Crippen molar-refractivity contribution < 1.29 is 17.9 Å².